The second-order valence-electron chi connectivity index (χ2n) is 5.71. The molecule has 3 heterocycles. The van der Waals surface area contributed by atoms with E-state index in [4.69, 9.17) is 11.6 Å². The zero-order chi connectivity index (χ0) is 16.4. The number of anilines is 1. The van der Waals surface area contributed by atoms with Gasteiger partial charge in [-0.2, -0.15) is 0 Å². The van der Waals surface area contributed by atoms with Crippen LogP contribution in [-0.4, -0.2) is 35.0 Å². The number of nitrogens with zero attached hydrogens (tertiary/aromatic N) is 2. The summed E-state index contributed by atoms with van der Waals surface area (Å²) in [5, 5.41) is 3.60. The first-order chi connectivity index (χ1) is 11.0. The monoisotopic (exact) mass is 396 g/mol. The van der Waals surface area contributed by atoms with Crippen LogP contribution in [0.15, 0.2) is 28.7 Å². The predicted molar refractivity (Wildman–Crippen MR) is 95.2 cm³/mol. The summed E-state index contributed by atoms with van der Waals surface area (Å²) in [5.41, 5.74) is 1.55. The number of aromatic amines is 1. The molecule has 0 aromatic carbocycles. The highest BCUT2D eigenvalue weighted by Crippen LogP contribution is 2.21. The van der Waals surface area contributed by atoms with Gasteiger partial charge in [0, 0.05) is 29.3 Å². The van der Waals surface area contributed by atoms with Crippen molar-refractivity contribution in [2.75, 3.05) is 18.0 Å². The van der Waals surface area contributed by atoms with E-state index < -0.39 is 0 Å². The highest BCUT2D eigenvalue weighted by Gasteiger charge is 2.22. The molecule has 1 fully saturated rings. The topological polar surface area (TPSA) is 61.0 Å². The maximum Gasteiger partial charge on any atom is 0.267 e. The average Bonchev–Trinajstić information content (AvgIpc) is 2.88. The van der Waals surface area contributed by atoms with Crippen LogP contribution in [0.5, 0.6) is 0 Å². The Morgan fingerprint density at radius 2 is 2.17 bits per heavy atom. The van der Waals surface area contributed by atoms with Crippen LogP contribution < -0.4 is 10.2 Å². The Hall–Kier alpha value is -1.53. The molecule has 1 aliphatic heterocycles. The molecule has 0 radical (unpaired) electrons. The van der Waals surface area contributed by atoms with Crippen LogP contribution in [0.2, 0.25) is 5.15 Å². The number of pyridine rings is 1. The lowest BCUT2D eigenvalue weighted by Gasteiger charge is -2.33. The molecule has 122 valence electrons. The van der Waals surface area contributed by atoms with Crippen molar-refractivity contribution in [3.63, 3.8) is 0 Å². The number of piperidine rings is 1. The first kappa shape index (κ1) is 16.3. The number of hydrogen-bond acceptors (Lipinski definition) is 3. The minimum atomic E-state index is -0.0573. The maximum atomic E-state index is 12.3. The van der Waals surface area contributed by atoms with Gasteiger partial charge in [0.15, 0.2) is 0 Å². The zero-order valence-electron chi connectivity index (χ0n) is 12.8. The van der Waals surface area contributed by atoms with Crippen LogP contribution >= 0.6 is 27.5 Å². The molecule has 2 N–H and O–H groups in total. The number of carbonyl (C=O) groups is 1. The summed E-state index contributed by atoms with van der Waals surface area (Å²) in [6.45, 7) is 3.63. The van der Waals surface area contributed by atoms with Crippen LogP contribution in [0.25, 0.3) is 0 Å². The SMILES string of the molecule is Cc1[nH]c(C(=O)NC2CCN(c3cccc(Cl)n3)CC2)cc1Br. The van der Waals surface area contributed by atoms with Gasteiger partial charge in [-0.3, -0.25) is 4.79 Å². The van der Waals surface area contributed by atoms with Gasteiger partial charge in [-0.1, -0.05) is 17.7 Å². The molecule has 3 rings (SSSR count). The van der Waals surface area contributed by atoms with E-state index in [1.54, 1.807) is 6.07 Å². The molecular weight excluding hydrogens is 380 g/mol. The van der Waals surface area contributed by atoms with E-state index in [0.717, 1.165) is 41.9 Å². The summed E-state index contributed by atoms with van der Waals surface area (Å²) in [7, 11) is 0. The van der Waals surface area contributed by atoms with Crippen molar-refractivity contribution in [3.05, 3.63) is 45.3 Å². The van der Waals surface area contributed by atoms with Crippen LogP contribution in [-0.2, 0) is 0 Å². The Kier molecular flexibility index (Phi) is 4.92. The second-order valence-corrected chi connectivity index (χ2v) is 6.95. The number of amides is 1. The molecule has 0 saturated carbocycles. The van der Waals surface area contributed by atoms with E-state index in [1.165, 1.54) is 0 Å². The number of aromatic nitrogens is 2. The van der Waals surface area contributed by atoms with Crippen LogP contribution in [0.3, 0.4) is 0 Å². The first-order valence-corrected chi connectivity index (χ1v) is 8.73. The summed E-state index contributed by atoms with van der Waals surface area (Å²) in [6, 6.07) is 7.64. The molecule has 1 saturated heterocycles. The van der Waals surface area contributed by atoms with Crippen LogP contribution in [0, 0.1) is 6.92 Å². The molecule has 0 aliphatic carbocycles. The number of nitrogens with one attached hydrogen (secondary N) is 2. The van der Waals surface area contributed by atoms with Crippen molar-refractivity contribution in [3.8, 4) is 0 Å². The van der Waals surface area contributed by atoms with Crippen LogP contribution in [0.4, 0.5) is 5.82 Å². The molecule has 23 heavy (non-hydrogen) atoms. The van der Waals surface area contributed by atoms with Gasteiger partial charge >= 0.3 is 0 Å². The number of aryl methyl sites for hydroxylation is 1. The zero-order valence-corrected chi connectivity index (χ0v) is 15.1. The minimum absolute atomic E-state index is 0.0573. The third kappa shape index (κ3) is 3.87. The van der Waals surface area contributed by atoms with Gasteiger partial charge in [0.05, 0.1) is 0 Å². The molecule has 1 aliphatic rings. The Morgan fingerprint density at radius 3 is 2.78 bits per heavy atom. The standard InChI is InChI=1S/C16H18BrClN4O/c1-10-12(17)9-13(19-10)16(23)20-11-5-7-22(8-6-11)15-4-2-3-14(18)21-15/h2-4,9,11,19H,5-8H2,1H3,(H,20,23). The molecule has 1 amide bonds. The highest BCUT2D eigenvalue weighted by atomic mass is 79.9. The fourth-order valence-electron chi connectivity index (χ4n) is 2.74. The third-order valence-corrected chi connectivity index (χ3v) is 5.08. The van der Waals surface area contributed by atoms with E-state index in [0.29, 0.717) is 10.8 Å². The van der Waals surface area contributed by atoms with Crippen molar-refractivity contribution in [1.82, 2.24) is 15.3 Å². The van der Waals surface area contributed by atoms with E-state index in [1.807, 2.05) is 25.1 Å². The summed E-state index contributed by atoms with van der Waals surface area (Å²) >= 11 is 9.36. The fraction of sp³-hybridized carbons (Fsp3) is 0.375. The normalized spacial score (nSPS) is 15.7. The van der Waals surface area contributed by atoms with Gasteiger partial charge in [-0.05, 0) is 53.9 Å². The van der Waals surface area contributed by atoms with Gasteiger partial charge < -0.3 is 15.2 Å². The molecule has 2 aromatic heterocycles. The van der Waals surface area contributed by atoms with E-state index in [2.05, 4.69) is 36.1 Å². The lowest BCUT2D eigenvalue weighted by atomic mass is 10.0. The molecule has 0 spiro atoms. The number of rotatable bonds is 3. The minimum Gasteiger partial charge on any atom is -0.356 e. The number of carbonyl (C=O) groups excluding carboxylic acids is 1. The van der Waals surface area contributed by atoms with Gasteiger partial charge in [-0.15, -0.1) is 0 Å². The number of hydrogen-bond donors (Lipinski definition) is 2. The van der Waals surface area contributed by atoms with Crippen molar-refractivity contribution in [1.29, 1.82) is 0 Å². The molecular formula is C16H18BrClN4O. The maximum absolute atomic E-state index is 12.3. The van der Waals surface area contributed by atoms with Gasteiger partial charge in [-0.25, -0.2) is 4.98 Å². The van der Waals surface area contributed by atoms with Gasteiger partial charge in [0.25, 0.3) is 5.91 Å². The van der Waals surface area contributed by atoms with Gasteiger partial charge in [0.2, 0.25) is 0 Å². The van der Waals surface area contributed by atoms with Crippen molar-refractivity contribution >= 4 is 39.3 Å². The van der Waals surface area contributed by atoms with E-state index in [-0.39, 0.29) is 11.9 Å². The molecule has 5 nitrogen and oxygen atoms in total. The summed E-state index contributed by atoms with van der Waals surface area (Å²) in [5.74, 6) is 0.837. The quantitative estimate of drug-likeness (QED) is 0.779. The number of H-pyrrole nitrogens is 1. The Balaban J connectivity index is 1.56. The molecule has 0 unspecified atom stereocenters. The van der Waals surface area contributed by atoms with Crippen LogP contribution in [0.1, 0.15) is 29.0 Å². The Bertz CT molecular complexity index is 690. The smallest absolute Gasteiger partial charge is 0.267 e. The molecule has 7 heteroatoms. The Labute approximate surface area is 148 Å². The van der Waals surface area contributed by atoms with Crippen molar-refractivity contribution in [2.45, 2.75) is 25.8 Å². The predicted octanol–water partition coefficient (Wildman–Crippen LogP) is 3.53. The summed E-state index contributed by atoms with van der Waals surface area (Å²) < 4.78 is 0.921. The molecule has 0 bridgehead atoms. The van der Waals surface area contributed by atoms with E-state index in [9.17, 15) is 4.79 Å². The summed E-state index contributed by atoms with van der Waals surface area (Å²) in [4.78, 5) is 21.9. The summed E-state index contributed by atoms with van der Waals surface area (Å²) in [6.07, 6.45) is 1.78. The lowest BCUT2D eigenvalue weighted by molar-refractivity contribution is 0.0926. The average molecular weight is 398 g/mol. The van der Waals surface area contributed by atoms with Crippen molar-refractivity contribution < 1.29 is 4.79 Å². The molecule has 2 aromatic rings. The van der Waals surface area contributed by atoms with Crippen molar-refractivity contribution in [2.24, 2.45) is 0 Å². The third-order valence-electron chi connectivity index (χ3n) is 4.05. The fourth-order valence-corrected chi connectivity index (χ4v) is 3.23. The largest absolute Gasteiger partial charge is 0.356 e. The first-order valence-electron chi connectivity index (χ1n) is 7.56. The second kappa shape index (κ2) is 6.93. The molecule has 0 atom stereocenters. The van der Waals surface area contributed by atoms with E-state index >= 15 is 0 Å². The van der Waals surface area contributed by atoms with Gasteiger partial charge in [0.1, 0.15) is 16.7 Å². The highest BCUT2D eigenvalue weighted by molar-refractivity contribution is 9.10. The lowest BCUT2D eigenvalue weighted by Crippen LogP contribution is -2.45. The number of halogens is 2. The Morgan fingerprint density at radius 1 is 1.43 bits per heavy atom.